The summed E-state index contributed by atoms with van der Waals surface area (Å²) in [5.41, 5.74) is 1.11. The van der Waals surface area contributed by atoms with Gasteiger partial charge >= 0.3 is 0 Å². The number of pyridine rings is 1. The normalized spacial score (nSPS) is 10.8. The van der Waals surface area contributed by atoms with Gasteiger partial charge in [0.2, 0.25) is 0 Å². The van der Waals surface area contributed by atoms with Gasteiger partial charge in [0.05, 0.1) is 17.8 Å². The number of phenolic OH excluding ortho intramolecular Hbond substituents is 2. The number of benzene rings is 1. The van der Waals surface area contributed by atoms with Crippen molar-refractivity contribution in [3.8, 4) is 11.5 Å². The molecule has 110 valence electrons. The van der Waals surface area contributed by atoms with Gasteiger partial charge in [-0.15, -0.1) is 0 Å². The van der Waals surface area contributed by atoms with Crippen LogP contribution in [0.25, 0.3) is 0 Å². The van der Waals surface area contributed by atoms with Crippen molar-refractivity contribution in [3.63, 3.8) is 0 Å². The number of nitrogens with zero attached hydrogens (tertiary/aromatic N) is 2. The average molecular weight is 286 g/mol. The average Bonchev–Trinajstić information content (AvgIpc) is 2.47. The van der Waals surface area contributed by atoms with Gasteiger partial charge in [-0.25, -0.2) is 0 Å². The molecule has 5 nitrogen and oxygen atoms in total. The van der Waals surface area contributed by atoms with Crippen LogP contribution < -0.4 is 0 Å². The second-order valence-electron chi connectivity index (χ2n) is 4.75. The molecule has 1 heterocycles. The van der Waals surface area contributed by atoms with E-state index < -0.39 is 0 Å². The van der Waals surface area contributed by atoms with Crippen molar-refractivity contribution >= 4 is 5.78 Å². The summed E-state index contributed by atoms with van der Waals surface area (Å²) in [4.78, 5) is 18.4. The fraction of sp³-hybridized carbons (Fsp3) is 0.250. The van der Waals surface area contributed by atoms with Crippen LogP contribution in [0.1, 0.15) is 23.0 Å². The molecule has 2 rings (SSSR count). The predicted molar refractivity (Wildman–Crippen MR) is 79.3 cm³/mol. The van der Waals surface area contributed by atoms with Gasteiger partial charge in [-0.3, -0.25) is 14.7 Å². The number of hydrogen-bond donors (Lipinski definition) is 2. The van der Waals surface area contributed by atoms with E-state index in [2.05, 4.69) is 4.98 Å². The van der Waals surface area contributed by atoms with Crippen molar-refractivity contribution in [2.75, 3.05) is 13.1 Å². The highest BCUT2D eigenvalue weighted by Crippen LogP contribution is 2.23. The third-order valence-corrected chi connectivity index (χ3v) is 3.21. The maximum Gasteiger partial charge on any atom is 0.180 e. The number of aromatic nitrogens is 1. The molecule has 0 fully saturated rings. The molecule has 1 aromatic carbocycles. The number of aromatic hydroxyl groups is 2. The van der Waals surface area contributed by atoms with E-state index in [1.807, 2.05) is 30.0 Å². The van der Waals surface area contributed by atoms with Crippen molar-refractivity contribution in [3.05, 3.63) is 53.9 Å². The Hall–Kier alpha value is -2.40. The molecule has 5 heteroatoms. The molecule has 0 aliphatic heterocycles. The molecular formula is C16H18N2O3. The van der Waals surface area contributed by atoms with Crippen molar-refractivity contribution in [1.82, 2.24) is 9.88 Å². The molecule has 0 amide bonds. The van der Waals surface area contributed by atoms with Crippen LogP contribution in [0.15, 0.2) is 42.6 Å². The minimum atomic E-state index is -0.200. The lowest BCUT2D eigenvalue weighted by atomic mass is 10.1. The SMILES string of the molecule is CCN(CC(=O)c1ccc(O)cc1O)Cc1ccccn1. The molecule has 0 saturated heterocycles. The van der Waals surface area contributed by atoms with Gasteiger partial charge < -0.3 is 10.2 Å². The number of phenols is 2. The van der Waals surface area contributed by atoms with Gasteiger partial charge in [0, 0.05) is 18.8 Å². The molecule has 0 radical (unpaired) electrons. The first-order valence-electron chi connectivity index (χ1n) is 6.77. The van der Waals surface area contributed by atoms with E-state index in [0.29, 0.717) is 13.1 Å². The lowest BCUT2D eigenvalue weighted by molar-refractivity contribution is 0.0926. The lowest BCUT2D eigenvalue weighted by Gasteiger charge is -2.19. The maximum absolute atomic E-state index is 12.2. The summed E-state index contributed by atoms with van der Waals surface area (Å²) in [5, 5.41) is 19.0. The van der Waals surface area contributed by atoms with E-state index in [4.69, 9.17) is 0 Å². The summed E-state index contributed by atoms with van der Waals surface area (Å²) in [6, 6.07) is 9.65. The molecule has 0 aliphatic carbocycles. The second kappa shape index (κ2) is 6.85. The Kier molecular flexibility index (Phi) is 4.90. The molecule has 1 aromatic heterocycles. The van der Waals surface area contributed by atoms with Crippen LogP contribution in [-0.2, 0) is 6.54 Å². The molecule has 0 atom stereocenters. The molecule has 2 N–H and O–H groups in total. The zero-order valence-electron chi connectivity index (χ0n) is 11.9. The zero-order chi connectivity index (χ0) is 15.2. The van der Waals surface area contributed by atoms with Crippen LogP contribution in [0, 0.1) is 0 Å². The molecule has 2 aromatic rings. The van der Waals surface area contributed by atoms with Gasteiger partial charge in [0.25, 0.3) is 0 Å². The monoisotopic (exact) mass is 286 g/mol. The molecule has 21 heavy (non-hydrogen) atoms. The Morgan fingerprint density at radius 1 is 1.24 bits per heavy atom. The van der Waals surface area contributed by atoms with Crippen molar-refractivity contribution in [1.29, 1.82) is 0 Å². The van der Waals surface area contributed by atoms with E-state index in [1.165, 1.54) is 18.2 Å². The van der Waals surface area contributed by atoms with Gasteiger partial charge in [-0.05, 0) is 30.8 Å². The van der Waals surface area contributed by atoms with E-state index in [-0.39, 0.29) is 29.4 Å². The van der Waals surface area contributed by atoms with Crippen LogP contribution in [0.5, 0.6) is 11.5 Å². The first kappa shape index (κ1) is 15.0. The van der Waals surface area contributed by atoms with Gasteiger partial charge in [0.15, 0.2) is 5.78 Å². The molecule has 0 unspecified atom stereocenters. The topological polar surface area (TPSA) is 73.7 Å². The van der Waals surface area contributed by atoms with Crippen molar-refractivity contribution in [2.45, 2.75) is 13.5 Å². The van der Waals surface area contributed by atoms with E-state index in [0.717, 1.165) is 5.69 Å². The second-order valence-corrected chi connectivity index (χ2v) is 4.75. The van der Waals surface area contributed by atoms with E-state index >= 15 is 0 Å². The number of hydrogen-bond acceptors (Lipinski definition) is 5. The summed E-state index contributed by atoms with van der Waals surface area (Å²) < 4.78 is 0. The van der Waals surface area contributed by atoms with Crippen LogP contribution in [0.3, 0.4) is 0 Å². The van der Waals surface area contributed by atoms with Crippen LogP contribution in [0.2, 0.25) is 0 Å². The van der Waals surface area contributed by atoms with Crippen LogP contribution >= 0.6 is 0 Å². The molecular weight excluding hydrogens is 268 g/mol. The fourth-order valence-corrected chi connectivity index (χ4v) is 2.04. The fourth-order valence-electron chi connectivity index (χ4n) is 2.04. The zero-order valence-corrected chi connectivity index (χ0v) is 11.9. The summed E-state index contributed by atoms with van der Waals surface area (Å²) >= 11 is 0. The predicted octanol–water partition coefficient (Wildman–Crippen LogP) is 2.20. The lowest BCUT2D eigenvalue weighted by Crippen LogP contribution is -2.29. The largest absolute Gasteiger partial charge is 0.508 e. The third kappa shape index (κ3) is 4.03. The van der Waals surface area contributed by atoms with Gasteiger partial charge in [-0.1, -0.05) is 13.0 Å². The van der Waals surface area contributed by atoms with Gasteiger partial charge in [-0.2, -0.15) is 0 Å². The number of Topliss-reactive ketones (excluding diaryl/α,β-unsaturated/α-hetero) is 1. The van der Waals surface area contributed by atoms with Crippen molar-refractivity contribution in [2.24, 2.45) is 0 Å². The Morgan fingerprint density at radius 2 is 2.05 bits per heavy atom. The highest BCUT2D eigenvalue weighted by molar-refractivity contribution is 6.00. The Balaban J connectivity index is 2.06. The molecule has 0 bridgehead atoms. The number of carbonyl (C=O) groups excluding carboxylic acids is 1. The number of rotatable bonds is 6. The highest BCUT2D eigenvalue weighted by atomic mass is 16.3. The minimum Gasteiger partial charge on any atom is -0.508 e. The summed E-state index contributed by atoms with van der Waals surface area (Å²) in [6.07, 6.45) is 1.72. The quantitative estimate of drug-likeness (QED) is 0.796. The maximum atomic E-state index is 12.2. The Labute approximate surface area is 123 Å². The summed E-state index contributed by atoms with van der Waals surface area (Å²) in [5.74, 6) is -0.455. The van der Waals surface area contributed by atoms with E-state index in [1.54, 1.807) is 6.20 Å². The first-order valence-corrected chi connectivity index (χ1v) is 6.77. The van der Waals surface area contributed by atoms with Crippen LogP contribution in [0.4, 0.5) is 0 Å². The van der Waals surface area contributed by atoms with Crippen molar-refractivity contribution < 1.29 is 15.0 Å². The smallest absolute Gasteiger partial charge is 0.180 e. The third-order valence-electron chi connectivity index (χ3n) is 3.21. The summed E-state index contributed by atoms with van der Waals surface area (Å²) in [6.45, 7) is 3.42. The number of carbonyl (C=O) groups is 1. The number of ketones is 1. The molecule has 0 spiro atoms. The van der Waals surface area contributed by atoms with Gasteiger partial charge in [0.1, 0.15) is 11.5 Å². The standard InChI is InChI=1S/C16H18N2O3/c1-2-18(10-12-5-3-4-8-17-12)11-16(21)14-7-6-13(19)9-15(14)20/h3-9,19-20H,2,10-11H2,1H3. The molecule has 0 aliphatic rings. The highest BCUT2D eigenvalue weighted by Gasteiger charge is 2.15. The van der Waals surface area contributed by atoms with E-state index in [9.17, 15) is 15.0 Å². The Bertz CT molecular complexity index is 614. The Morgan fingerprint density at radius 3 is 2.67 bits per heavy atom. The number of likely N-dealkylation sites (N-methyl/N-ethyl adjacent to an activating group) is 1. The summed E-state index contributed by atoms with van der Waals surface area (Å²) in [7, 11) is 0. The van der Waals surface area contributed by atoms with Crippen LogP contribution in [-0.4, -0.2) is 39.0 Å². The minimum absolute atomic E-state index is 0.0649. The molecule has 0 saturated carbocycles. The first-order chi connectivity index (χ1) is 10.1.